The molecule has 0 saturated heterocycles. The lowest BCUT2D eigenvalue weighted by Gasteiger charge is -2.24. The van der Waals surface area contributed by atoms with E-state index in [1.807, 2.05) is 6.07 Å². The first kappa shape index (κ1) is 13.4. The van der Waals surface area contributed by atoms with Crippen molar-refractivity contribution in [1.82, 2.24) is 0 Å². The molecule has 0 aromatic heterocycles. The predicted molar refractivity (Wildman–Crippen MR) is 78.5 cm³/mol. The van der Waals surface area contributed by atoms with E-state index in [0.29, 0.717) is 26.4 Å². The third-order valence-corrected chi connectivity index (χ3v) is 4.79. The van der Waals surface area contributed by atoms with Gasteiger partial charge in [0.2, 0.25) is 5.60 Å². The molecule has 0 fully saturated rings. The van der Waals surface area contributed by atoms with Crippen LogP contribution >= 0.6 is 27.5 Å². The van der Waals surface area contributed by atoms with E-state index in [2.05, 4.69) is 22.0 Å². The van der Waals surface area contributed by atoms with E-state index in [1.54, 1.807) is 36.4 Å². The van der Waals surface area contributed by atoms with Crippen LogP contribution in [0.1, 0.15) is 17.2 Å². The largest absolute Gasteiger partial charge is 0.465 e. The molecular weight excluding hydrogens is 342 g/mol. The van der Waals surface area contributed by atoms with Gasteiger partial charge in [0.05, 0.1) is 5.02 Å². The van der Waals surface area contributed by atoms with Crippen molar-refractivity contribution >= 4 is 27.5 Å². The van der Waals surface area contributed by atoms with Gasteiger partial charge in [0.25, 0.3) is 0 Å². The molecule has 2 aromatic rings. The number of aliphatic hydroxyl groups excluding tert-OH is 1. The number of ether oxygens (including phenoxy) is 1. The fraction of sp³-hybridized carbons (Fsp3) is 0.133. The maximum atomic E-state index is 10.6. The van der Waals surface area contributed by atoms with Crippen LogP contribution in [0.4, 0.5) is 0 Å². The third-order valence-electron chi connectivity index (χ3n) is 3.39. The Kier molecular flexibility index (Phi) is 3.21. The molecule has 2 atom stereocenters. The highest BCUT2D eigenvalue weighted by molar-refractivity contribution is 9.10. The molecule has 1 aliphatic heterocycles. The first-order valence-corrected chi connectivity index (χ1v) is 7.09. The Morgan fingerprint density at radius 3 is 2.60 bits per heavy atom. The average Bonchev–Trinajstić information content (AvgIpc) is 2.78. The summed E-state index contributed by atoms with van der Waals surface area (Å²) in [6.07, 6.45) is -1.11. The van der Waals surface area contributed by atoms with Gasteiger partial charge in [0.1, 0.15) is 17.9 Å². The van der Waals surface area contributed by atoms with Crippen LogP contribution in [0.15, 0.2) is 46.9 Å². The van der Waals surface area contributed by atoms with Gasteiger partial charge in [-0.15, -0.1) is 0 Å². The second kappa shape index (κ2) is 4.78. The molecule has 0 bridgehead atoms. The highest BCUT2D eigenvalue weighted by Gasteiger charge is 2.51. The molecule has 0 saturated carbocycles. The van der Waals surface area contributed by atoms with Crippen molar-refractivity contribution < 1.29 is 9.84 Å². The number of halogens is 2. The summed E-state index contributed by atoms with van der Waals surface area (Å²) < 4.78 is 6.33. The average molecular weight is 351 g/mol. The summed E-state index contributed by atoms with van der Waals surface area (Å²) in [5, 5.41) is 20.7. The first-order valence-electron chi connectivity index (χ1n) is 5.92. The number of nitriles is 1. The predicted octanol–water partition coefficient (Wildman–Crippen LogP) is 3.95. The maximum Gasteiger partial charge on any atom is 0.249 e. The molecular formula is C15H9BrClNO2. The lowest BCUT2D eigenvalue weighted by Crippen LogP contribution is -2.33. The number of hydrogen-bond donors (Lipinski definition) is 1. The summed E-state index contributed by atoms with van der Waals surface area (Å²) in [4.78, 5) is 0. The summed E-state index contributed by atoms with van der Waals surface area (Å²) in [6, 6.07) is 14.4. The summed E-state index contributed by atoms with van der Waals surface area (Å²) >= 11 is 9.39. The molecule has 20 heavy (non-hydrogen) atoms. The normalized spacial score (nSPS) is 23.8. The summed E-state index contributed by atoms with van der Waals surface area (Å²) in [6.45, 7) is 0. The lowest BCUT2D eigenvalue weighted by atomic mass is 9.88. The van der Waals surface area contributed by atoms with Gasteiger partial charge in [-0.3, -0.25) is 0 Å². The van der Waals surface area contributed by atoms with Crippen LogP contribution in [-0.4, -0.2) is 5.11 Å². The molecule has 0 spiro atoms. The van der Waals surface area contributed by atoms with Crippen molar-refractivity contribution in [3.63, 3.8) is 0 Å². The Labute approximate surface area is 129 Å². The second-order valence-corrected chi connectivity index (χ2v) is 5.69. The summed E-state index contributed by atoms with van der Waals surface area (Å²) in [5.41, 5.74) is -0.339. The van der Waals surface area contributed by atoms with E-state index in [1.165, 1.54) is 0 Å². The molecule has 0 radical (unpaired) electrons. The number of rotatable bonds is 1. The van der Waals surface area contributed by atoms with Gasteiger partial charge >= 0.3 is 0 Å². The number of hydrogen-bond acceptors (Lipinski definition) is 3. The zero-order valence-corrected chi connectivity index (χ0v) is 12.5. The van der Waals surface area contributed by atoms with Crippen LogP contribution in [0.2, 0.25) is 5.02 Å². The van der Waals surface area contributed by atoms with Gasteiger partial charge in [-0.05, 0) is 28.1 Å². The maximum absolute atomic E-state index is 10.6. The topological polar surface area (TPSA) is 53.2 Å². The van der Waals surface area contributed by atoms with Gasteiger partial charge in [0, 0.05) is 15.6 Å². The van der Waals surface area contributed by atoms with Crippen molar-refractivity contribution in [1.29, 1.82) is 5.26 Å². The Morgan fingerprint density at radius 1 is 1.25 bits per heavy atom. The van der Waals surface area contributed by atoms with Gasteiger partial charge in [-0.25, -0.2) is 0 Å². The van der Waals surface area contributed by atoms with Crippen molar-refractivity contribution in [3.8, 4) is 11.8 Å². The first-order chi connectivity index (χ1) is 9.60. The van der Waals surface area contributed by atoms with Gasteiger partial charge in [-0.2, -0.15) is 5.26 Å². The smallest absolute Gasteiger partial charge is 0.249 e. The van der Waals surface area contributed by atoms with Crippen LogP contribution in [0, 0.1) is 11.3 Å². The SMILES string of the molecule is N#C[C@]1(c2ccccc2)Oc2ccc(Cl)c(Br)c2[C@@H]1O. The monoisotopic (exact) mass is 349 g/mol. The summed E-state index contributed by atoms with van der Waals surface area (Å²) in [7, 11) is 0. The molecule has 5 heteroatoms. The minimum absolute atomic E-state index is 0.458. The van der Waals surface area contributed by atoms with Crippen molar-refractivity contribution in [3.05, 3.63) is 63.1 Å². The molecule has 1 aliphatic rings. The molecule has 0 aliphatic carbocycles. The Balaban J connectivity index is 2.20. The highest BCUT2D eigenvalue weighted by Crippen LogP contribution is 2.52. The lowest BCUT2D eigenvalue weighted by molar-refractivity contribution is 0.0114. The standard InChI is InChI=1S/C15H9BrClNO2/c16-13-10(17)6-7-11-12(13)14(19)15(8-18,20-11)9-4-2-1-3-5-9/h1-7,14,19H/t14-,15+/m0/s1. The van der Waals surface area contributed by atoms with Crippen molar-refractivity contribution in [2.24, 2.45) is 0 Å². The number of aliphatic hydroxyl groups is 1. The van der Waals surface area contributed by atoms with Gasteiger partial charge in [0.15, 0.2) is 0 Å². The molecule has 3 rings (SSSR count). The summed E-state index contributed by atoms with van der Waals surface area (Å²) in [5.74, 6) is 0.458. The zero-order valence-electron chi connectivity index (χ0n) is 10.2. The Bertz CT molecular complexity index is 714. The van der Waals surface area contributed by atoms with E-state index >= 15 is 0 Å². The molecule has 1 N–H and O–H groups in total. The molecule has 0 amide bonds. The van der Waals surface area contributed by atoms with Crippen molar-refractivity contribution in [2.75, 3.05) is 0 Å². The minimum atomic E-state index is -1.45. The number of fused-ring (bicyclic) bond motifs is 1. The minimum Gasteiger partial charge on any atom is -0.465 e. The molecule has 3 nitrogen and oxygen atoms in total. The number of benzene rings is 2. The van der Waals surface area contributed by atoms with Crippen molar-refractivity contribution in [2.45, 2.75) is 11.7 Å². The zero-order chi connectivity index (χ0) is 14.3. The van der Waals surface area contributed by atoms with E-state index < -0.39 is 11.7 Å². The van der Waals surface area contributed by atoms with Crippen LogP contribution in [0.5, 0.6) is 5.75 Å². The van der Waals surface area contributed by atoms with E-state index in [-0.39, 0.29) is 0 Å². The quantitative estimate of drug-likeness (QED) is 0.847. The Morgan fingerprint density at radius 2 is 1.95 bits per heavy atom. The van der Waals surface area contributed by atoms with Crippen LogP contribution in [0.25, 0.3) is 0 Å². The van der Waals surface area contributed by atoms with E-state index in [9.17, 15) is 10.4 Å². The molecule has 1 heterocycles. The fourth-order valence-corrected chi connectivity index (χ4v) is 3.09. The molecule has 0 unspecified atom stereocenters. The van der Waals surface area contributed by atoms with Crippen LogP contribution < -0.4 is 4.74 Å². The highest BCUT2D eigenvalue weighted by atomic mass is 79.9. The second-order valence-electron chi connectivity index (χ2n) is 4.49. The van der Waals surface area contributed by atoms with Gasteiger partial charge in [-0.1, -0.05) is 41.9 Å². The van der Waals surface area contributed by atoms with Crippen LogP contribution in [0.3, 0.4) is 0 Å². The third kappa shape index (κ3) is 1.75. The molecule has 100 valence electrons. The number of nitrogens with zero attached hydrogens (tertiary/aromatic N) is 1. The van der Waals surface area contributed by atoms with Gasteiger partial charge < -0.3 is 9.84 Å². The van der Waals surface area contributed by atoms with Crippen LogP contribution in [-0.2, 0) is 5.60 Å². The van der Waals surface area contributed by atoms with E-state index in [4.69, 9.17) is 16.3 Å². The molecule has 2 aromatic carbocycles. The van der Waals surface area contributed by atoms with E-state index in [0.717, 1.165) is 0 Å². The Hall–Kier alpha value is -1.54. The fourth-order valence-electron chi connectivity index (χ4n) is 2.38.